The fourth-order valence-electron chi connectivity index (χ4n) is 3.23. The molecule has 0 saturated carbocycles. The highest BCUT2D eigenvalue weighted by Gasteiger charge is 2.46. The standard InChI is InChI=1S/C18H21FN4O5/c1-20-6-8-28-9-7-21-15-11(19)3-2-10-14(15)18(27)23(17(10)26)12-4-5-13(24)22-16(12)25/h2-3,12,20-21H,4-9H2,1H3,(H,22,24,25). The predicted molar refractivity (Wildman–Crippen MR) is 96.3 cm³/mol. The Labute approximate surface area is 160 Å². The second kappa shape index (κ2) is 8.44. The first-order chi connectivity index (χ1) is 13.5. The normalized spacial score (nSPS) is 19.1. The summed E-state index contributed by atoms with van der Waals surface area (Å²) in [6.45, 7) is 1.66. The van der Waals surface area contributed by atoms with Crippen LogP contribution in [0.5, 0.6) is 0 Å². The van der Waals surface area contributed by atoms with Crippen LogP contribution in [0, 0.1) is 5.82 Å². The van der Waals surface area contributed by atoms with Gasteiger partial charge in [-0.2, -0.15) is 0 Å². The minimum absolute atomic E-state index is 0.0211. The maximum atomic E-state index is 14.4. The van der Waals surface area contributed by atoms with Gasteiger partial charge in [-0.15, -0.1) is 0 Å². The topological polar surface area (TPSA) is 117 Å². The van der Waals surface area contributed by atoms with Crippen LogP contribution in [-0.2, 0) is 14.3 Å². The number of ether oxygens (including phenoxy) is 1. The summed E-state index contributed by atoms with van der Waals surface area (Å²) in [4.78, 5) is 49.8. The van der Waals surface area contributed by atoms with Crippen LogP contribution in [0.3, 0.4) is 0 Å². The van der Waals surface area contributed by atoms with Gasteiger partial charge in [0.2, 0.25) is 11.8 Å². The Morgan fingerprint density at radius 1 is 1.18 bits per heavy atom. The molecule has 28 heavy (non-hydrogen) atoms. The molecule has 0 spiro atoms. The summed E-state index contributed by atoms with van der Waals surface area (Å²) < 4.78 is 19.7. The number of hydrogen-bond acceptors (Lipinski definition) is 7. The molecule has 1 saturated heterocycles. The van der Waals surface area contributed by atoms with E-state index in [0.29, 0.717) is 13.2 Å². The van der Waals surface area contributed by atoms with E-state index in [1.807, 2.05) is 0 Å². The molecule has 1 unspecified atom stereocenters. The van der Waals surface area contributed by atoms with E-state index in [1.165, 1.54) is 6.07 Å². The van der Waals surface area contributed by atoms with Gasteiger partial charge in [0.15, 0.2) is 0 Å². The molecular weight excluding hydrogens is 371 g/mol. The van der Waals surface area contributed by atoms with Crippen molar-refractivity contribution in [2.45, 2.75) is 18.9 Å². The van der Waals surface area contributed by atoms with Crippen molar-refractivity contribution >= 4 is 29.3 Å². The smallest absolute Gasteiger partial charge is 0.264 e. The van der Waals surface area contributed by atoms with Gasteiger partial charge in [-0.1, -0.05) is 0 Å². The molecule has 2 aliphatic heterocycles. The molecular formula is C18H21FN4O5. The number of piperidine rings is 1. The van der Waals surface area contributed by atoms with Crippen molar-refractivity contribution in [3.05, 3.63) is 29.1 Å². The number of likely N-dealkylation sites (N-methyl/N-ethyl adjacent to an activating group) is 1. The molecule has 2 heterocycles. The molecule has 2 aliphatic rings. The highest BCUT2D eigenvalue weighted by Crippen LogP contribution is 2.33. The predicted octanol–water partition coefficient (Wildman–Crippen LogP) is -0.125. The number of hydrogen-bond donors (Lipinski definition) is 3. The molecule has 150 valence electrons. The molecule has 1 aromatic rings. The van der Waals surface area contributed by atoms with Gasteiger partial charge < -0.3 is 15.4 Å². The quantitative estimate of drug-likeness (QED) is 0.417. The van der Waals surface area contributed by atoms with Gasteiger partial charge in [0.1, 0.15) is 11.9 Å². The maximum absolute atomic E-state index is 14.4. The number of halogens is 1. The van der Waals surface area contributed by atoms with E-state index in [2.05, 4.69) is 16.0 Å². The molecule has 3 rings (SSSR count). The number of anilines is 1. The van der Waals surface area contributed by atoms with E-state index in [-0.39, 0.29) is 42.8 Å². The molecule has 0 aliphatic carbocycles. The van der Waals surface area contributed by atoms with Gasteiger partial charge in [0.05, 0.1) is 30.0 Å². The summed E-state index contributed by atoms with van der Waals surface area (Å²) >= 11 is 0. The highest BCUT2D eigenvalue weighted by atomic mass is 19.1. The summed E-state index contributed by atoms with van der Waals surface area (Å²) in [5.41, 5.74) is -0.178. The molecule has 0 bridgehead atoms. The minimum Gasteiger partial charge on any atom is -0.380 e. The molecule has 0 radical (unpaired) electrons. The molecule has 0 aromatic heterocycles. The van der Waals surface area contributed by atoms with Crippen molar-refractivity contribution in [2.75, 3.05) is 38.7 Å². The van der Waals surface area contributed by atoms with E-state index in [0.717, 1.165) is 11.0 Å². The van der Waals surface area contributed by atoms with E-state index in [1.54, 1.807) is 7.05 Å². The first kappa shape index (κ1) is 19.9. The van der Waals surface area contributed by atoms with Crippen molar-refractivity contribution in [3.8, 4) is 0 Å². The first-order valence-corrected chi connectivity index (χ1v) is 8.96. The average molecular weight is 392 g/mol. The average Bonchev–Trinajstić information content (AvgIpc) is 2.90. The summed E-state index contributed by atoms with van der Waals surface area (Å²) in [6, 6.07) is 1.24. The van der Waals surface area contributed by atoms with Gasteiger partial charge >= 0.3 is 0 Å². The van der Waals surface area contributed by atoms with Gasteiger partial charge in [0, 0.05) is 19.5 Å². The van der Waals surface area contributed by atoms with Crippen LogP contribution < -0.4 is 16.0 Å². The summed E-state index contributed by atoms with van der Waals surface area (Å²) in [7, 11) is 1.79. The molecule has 4 amide bonds. The Hall–Kier alpha value is -2.85. The van der Waals surface area contributed by atoms with Crippen molar-refractivity contribution in [2.24, 2.45) is 0 Å². The fraction of sp³-hybridized carbons (Fsp3) is 0.444. The summed E-state index contributed by atoms with van der Waals surface area (Å²) in [5, 5.41) is 7.86. The number of benzene rings is 1. The zero-order chi connectivity index (χ0) is 20.3. The maximum Gasteiger partial charge on any atom is 0.264 e. The van der Waals surface area contributed by atoms with Crippen molar-refractivity contribution in [3.63, 3.8) is 0 Å². The van der Waals surface area contributed by atoms with Crippen LogP contribution >= 0.6 is 0 Å². The van der Waals surface area contributed by atoms with Crippen LogP contribution in [0.4, 0.5) is 10.1 Å². The van der Waals surface area contributed by atoms with E-state index in [4.69, 9.17) is 4.74 Å². The van der Waals surface area contributed by atoms with Gasteiger partial charge in [-0.05, 0) is 25.6 Å². The van der Waals surface area contributed by atoms with Crippen LogP contribution in [0.25, 0.3) is 0 Å². The second-order valence-corrected chi connectivity index (χ2v) is 6.43. The summed E-state index contributed by atoms with van der Waals surface area (Å²) in [6.07, 6.45) is 0.0634. The van der Waals surface area contributed by atoms with Crippen LogP contribution in [0.15, 0.2) is 12.1 Å². The molecule has 1 aromatic carbocycles. The first-order valence-electron chi connectivity index (χ1n) is 8.96. The Morgan fingerprint density at radius 3 is 2.64 bits per heavy atom. The van der Waals surface area contributed by atoms with Crippen LogP contribution in [0.2, 0.25) is 0 Å². The van der Waals surface area contributed by atoms with Crippen LogP contribution in [-0.4, -0.2) is 67.9 Å². The van der Waals surface area contributed by atoms with Crippen LogP contribution in [0.1, 0.15) is 33.6 Å². The zero-order valence-corrected chi connectivity index (χ0v) is 15.3. The number of nitrogens with one attached hydrogen (secondary N) is 3. The third-order valence-corrected chi connectivity index (χ3v) is 4.60. The SMILES string of the molecule is CNCCOCCNc1c(F)ccc2c1C(=O)N(C1CCC(=O)NC1=O)C2=O. The van der Waals surface area contributed by atoms with E-state index < -0.39 is 35.5 Å². The number of imide groups is 2. The molecule has 9 nitrogen and oxygen atoms in total. The third kappa shape index (κ3) is 3.73. The Kier molecular flexibility index (Phi) is 6.00. The van der Waals surface area contributed by atoms with Crippen molar-refractivity contribution < 1.29 is 28.3 Å². The Morgan fingerprint density at radius 2 is 1.93 bits per heavy atom. The number of fused-ring (bicyclic) bond motifs is 1. The highest BCUT2D eigenvalue weighted by molar-refractivity contribution is 6.25. The van der Waals surface area contributed by atoms with Crippen molar-refractivity contribution in [1.29, 1.82) is 0 Å². The number of carbonyl (C=O) groups excluding carboxylic acids is 4. The van der Waals surface area contributed by atoms with Gasteiger partial charge in [-0.3, -0.25) is 29.4 Å². The summed E-state index contributed by atoms with van der Waals surface area (Å²) in [5.74, 6) is -3.28. The lowest BCUT2D eigenvalue weighted by Gasteiger charge is -2.27. The number of amides is 4. The Balaban J connectivity index is 1.78. The number of rotatable bonds is 8. The lowest BCUT2D eigenvalue weighted by Crippen LogP contribution is -2.54. The monoisotopic (exact) mass is 392 g/mol. The Bertz CT molecular complexity index is 828. The van der Waals surface area contributed by atoms with E-state index >= 15 is 0 Å². The van der Waals surface area contributed by atoms with Gasteiger partial charge in [0.25, 0.3) is 11.8 Å². The molecule has 1 atom stereocenters. The molecule has 10 heteroatoms. The molecule has 1 fully saturated rings. The second-order valence-electron chi connectivity index (χ2n) is 6.43. The lowest BCUT2D eigenvalue weighted by atomic mass is 10.0. The number of nitrogens with zero attached hydrogens (tertiary/aromatic N) is 1. The lowest BCUT2D eigenvalue weighted by molar-refractivity contribution is -0.136. The third-order valence-electron chi connectivity index (χ3n) is 4.60. The van der Waals surface area contributed by atoms with E-state index in [9.17, 15) is 23.6 Å². The van der Waals surface area contributed by atoms with Crippen molar-refractivity contribution in [1.82, 2.24) is 15.5 Å². The number of carbonyl (C=O) groups is 4. The largest absolute Gasteiger partial charge is 0.380 e. The molecule has 3 N–H and O–H groups in total. The zero-order valence-electron chi connectivity index (χ0n) is 15.3. The minimum atomic E-state index is -1.09. The fourth-order valence-corrected chi connectivity index (χ4v) is 3.23. The van der Waals surface area contributed by atoms with Gasteiger partial charge in [-0.25, -0.2) is 4.39 Å².